The van der Waals surface area contributed by atoms with E-state index in [0.717, 1.165) is 5.56 Å². The second-order valence-corrected chi connectivity index (χ2v) is 4.64. The molecule has 0 spiro atoms. The zero-order valence-corrected chi connectivity index (χ0v) is 11.6. The van der Waals surface area contributed by atoms with Gasteiger partial charge in [0.2, 0.25) is 5.89 Å². The molecule has 0 radical (unpaired) electrons. The normalized spacial score (nSPS) is 10.5. The summed E-state index contributed by atoms with van der Waals surface area (Å²) in [5.41, 5.74) is 0.931. The van der Waals surface area contributed by atoms with Crippen molar-refractivity contribution in [3.63, 3.8) is 0 Å². The fourth-order valence-electron chi connectivity index (χ4n) is 1.81. The Balaban J connectivity index is 1.64. The Labute approximate surface area is 125 Å². The van der Waals surface area contributed by atoms with Crippen molar-refractivity contribution in [1.82, 2.24) is 10.3 Å². The Morgan fingerprint density at radius 1 is 1.14 bits per heavy atom. The van der Waals surface area contributed by atoms with Crippen LogP contribution in [-0.4, -0.2) is 10.9 Å². The summed E-state index contributed by atoms with van der Waals surface area (Å²) in [6.07, 6.45) is 1.63. The minimum absolute atomic E-state index is 0.148. The van der Waals surface area contributed by atoms with Crippen LogP contribution in [0.25, 0.3) is 11.3 Å². The Bertz CT molecular complexity index is 749. The van der Waals surface area contributed by atoms with E-state index >= 15 is 0 Å². The molecule has 21 heavy (non-hydrogen) atoms. The fourth-order valence-corrected chi connectivity index (χ4v) is 1.95. The van der Waals surface area contributed by atoms with E-state index in [4.69, 9.17) is 20.4 Å². The maximum atomic E-state index is 11.8. The van der Waals surface area contributed by atoms with Gasteiger partial charge < -0.3 is 14.2 Å². The molecule has 1 amide bonds. The van der Waals surface area contributed by atoms with Gasteiger partial charge in [-0.3, -0.25) is 4.79 Å². The number of aromatic nitrogens is 1. The van der Waals surface area contributed by atoms with Crippen molar-refractivity contribution in [3.8, 4) is 11.3 Å². The lowest BCUT2D eigenvalue weighted by Crippen LogP contribution is -2.22. The minimum Gasteiger partial charge on any atom is -0.440 e. The van der Waals surface area contributed by atoms with Gasteiger partial charge >= 0.3 is 0 Å². The van der Waals surface area contributed by atoms with E-state index < -0.39 is 0 Å². The molecule has 0 saturated carbocycles. The van der Waals surface area contributed by atoms with Crippen LogP contribution in [0, 0.1) is 0 Å². The molecule has 2 aromatic heterocycles. The summed E-state index contributed by atoms with van der Waals surface area (Å²) in [6.45, 7) is 0.171. The molecule has 5 nitrogen and oxygen atoms in total. The van der Waals surface area contributed by atoms with Crippen molar-refractivity contribution in [1.29, 1.82) is 0 Å². The van der Waals surface area contributed by atoms with Gasteiger partial charge in [0.05, 0.1) is 12.7 Å². The summed E-state index contributed by atoms with van der Waals surface area (Å²) in [5.74, 6) is 0.844. The molecule has 0 aliphatic carbocycles. The molecule has 3 aromatic rings. The molecule has 0 fully saturated rings. The first-order valence-corrected chi connectivity index (χ1v) is 6.64. The van der Waals surface area contributed by atoms with Crippen molar-refractivity contribution in [3.05, 3.63) is 65.5 Å². The topological polar surface area (TPSA) is 68.3 Å². The van der Waals surface area contributed by atoms with Gasteiger partial charge in [-0.15, -0.1) is 0 Å². The second kappa shape index (κ2) is 5.85. The highest BCUT2D eigenvalue weighted by Crippen LogP contribution is 2.19. The Kier molecular flexibility index (Phi) is 3.75. The molecule has 0 saturated heterocycles. The lowest BCUT2D eigenvalue weighted by molar-refractivity contribution is 0.0919. The number of hydrogen-bond donors (Lipinski definition) is 1. The number of nitrogens with one attached hydrogen (secondary N) is 1. The van der Waals surface area contributed by atoms with Gasteiger partial charge in [0.15, 0.2) is 16.7 Å². The summed E-state index contributed by atoms with van der Waals surface area (Å²) in [7, 11) is 0. The number of rotatable bonds is 4. The first kappa shape index (κ1) is 13.5. The zero-order chi connectivity index (χ0) is 14.7. The van der Waals surface area contributed by atoms with Gasteiger partial charge in [0.25, 0.3) is 5.91 Å². The predicted octanol–water partition coefficient (Wildman–Crippen LogP) is 3.52. The van der Waals surface area contributed by atoms with Crippen molar-refractivity contribution in [2.24, 2.45) is 0 Å². The van der Waals surface area contributed by atoms with E-state index in [-0.39, 0.29) is 23.4 Å². The highest BCUT2D eigenvalue weighted by molar-refractivity contribution is 6.29. The summed E-state index contributed by atoms with van der Waals surface area (Å²) < 4.78 is 10.6. The highest BCUT2D eigenvalue weighted by atomic mass is 35.5. The van der Waals surface area contributed by atoms with Crippen molar-refractivity contribution >= 4 is 17.5 Å². The zero-order valence-electron chi connectivity index (χ0n) is 10.9. The van der Waals surface area contributed by atoms with Gasteiger partial charge in [-0.25, -0.2) is 4.98 Å². The van der Waals surface area contributed by atoms with Crippen molar-refractivity contribution < 1.29 is 13.6 Å². The van der Waals surface area contributed by atoms with Gasteiger partial charge in [0.1, 0.15) is 0 Å². The number of hydrogen-bond acceptors (Lipinski definition) is 4. The second-order valence-electron chi connectivity index (χ2n) is 4.27. The largest absolute Gasteiger partial charge is 0.440 e. The minimum atomic E-state index is -0.374. The maximum Gasteiger partial charge on any atom is 0.287 e. The third-order valence-corrected chi connectivity index (χ3v) is 3.01. The van der Waals surface area contributed by atoms with Crippen LogP contribution in [0.4, 0.5) is 0 Å². The van der Waals surface area contributed by atoms with Crippen LogP contribution < -0.4 is 5.32 Å². The first-order valence-electron chi connectivity index (χ1n) is 6.26. The number of carbonyl (C=O) groups excluding carboxylic acids is 1. The van der Waals surface area contributed by atoms with Crippen LogP contribution in [0.2, 0.25) is 5.22 Å². The highest BCUT2D eigenvalue weighted by Gasteiger charge is 2.12. The Morgan fingerprint density at radius 2 is 1.95 bits per heavy atom. The molecule has 106 valence electrons. The average molecular weight is 303 g/mol. The maximum absolute atomic E-state index is 11.8. The van der Waals surface area contributed by atoms with Gasteiger partial charge in [-0.05, 0) is 23.7 Å². The molecule has 0 aliphatic rings. The van der Waals surface area contributed by atoms with Crippen molar-refractivity contribution in [2.75, 3.05) is 0 Å². The summed E-state index contributed by atoms with van der Waals surface area (Å²) in [6, 6.07) is 12.6. The van der Waals surface area contributed by atoms with Crippen LogP contribution in [0.5, 0.6) is 0 Å². The monoisotopic (exact) mass is 302 g/mol. The molecule has 6 heteroatoms. The number of furan rings is 1. The number of nitrogens with zero attached hydrogens (tertiary/aromatic N) is 1. The van der Waals surface area contributed by atoms with Gasteiger partial charge in [-0.1, -0.05) is 30.3 Å². The quantitative estimate of drug-likeness (QED) is 0.800. The molecule has 1 aromatic carbocycles. The van der Waals surface area contributed by atoms with Gasteiger partial charge in [-0.2, -0.15) is 0 Å². The molecule has 0 atom stereocenters. The molecule has 0 aliphatic heterocycles. The third-order valence-electron chi connectivity index (χ3n) is 2.81. The number of halogens is 1. The Morgan fingerprint density at radius 3 is 2.67 bits per heavy atom. The van der Waals surface area contributed by atoms with Crippen molar-refractivity contribution in [2.45, 2.75) is 6.54 Å². The lowest BCUT2D eigenvalue weighted by Gasteiger charge is -1.99. The van der Waals surface area contributed by atoms with E-state index in [1.54, 1.807) is 6.20 Å². The molecule has 2 heterocycles. The summed E-state index contributed by atoms with van der Waals surface area (Å²) in [4.78, 5) is 15.9. The molecule has 3 rings (SSSR count). The summed E-state index contributed by atoms with van der Waals surface area (Å²) >= 11 is 5.62. The smallest absolute Gasteiger partial charge is 0.287 e. The van der Waals surface area contributed by atoms with E-state index in [1.165, 1.54) is 12.1 Å². The van der Waals surface area contributed by atoms with E-state index in [0.29, 0.717) is 11.7 Å². The van der Waals surface area contributed by atoms with Crippen LogP contribution in [0.1, 0.15) is 16.4 Å². The lowest BCUT2D eigenvalue weighted by atomic mass is 10.2. The molecule has 1 N–H and O–H groups in total. The van der Waals surface area contributed by atoms with E-state index in [1.807, 2.05) is 30.3 Å². The number of amides is 1. The summed E-state index contributed by atoms with van der Waals surface area (Å²) in [5, 5.41) is 2.81. The molecule has 0 bridgehead atoms. The van der Waals surface area contributed by atoms with E-state index in [2.05, 4.69) is 10.3 Å². The van der Waals surface area contributed by atoms with Crippen LogP contribution in [0.15, 0.2) is 57.5 Å². The molecular formula is C15H11ClN2O3. The van der Waals surface area contributed by atoms with E-state index in [9.17, 15) is 4.79 Å². The van der Waals surface area contributed by atoms with Crippen LogP contribution >= 0.6 is 11.6 Å². The fraction of sp³-hybridized carbons (Fsp3) is 0.0667. The number of benzene rings is 1. The predicted molar refractivity (Wildman–Crippen MR) is 76.8 cm³/mol. The number of oxazole rings is 1. The molecular weight excluding hydrogens is 292 g/mol. The average Bonchev–Trinajstić information content (AvgIpc) is 3.15. The standard InChI is InChI=1S/C15H11ClN2O3/c16-13-7-6-11(20-13)15(19)18-9-14-17-8-12(21-14)10-4-2-1-3-5-10/h1-8H,9H2,(H,18,19). The molecule has 0 unspecified atom stereocenters. The first-order chi connectivity index (χ1) is 10.2. The Hall–Kier alpha value is -2.53. The van der Waals surface area contributed by atoms with Crippen LogP contribution in [-0.2, 0) is 6.54 Å². The van der Waals surface area contributed by atoms with Crippen LogP contribution in [0.3, 0.4) is 0 Å². The van der Waals surface area contributed by atoms with Gasteiger partial charge in [0, 0.05) is 5.56 Å². The third kappa shape index (κ3) is 3.14. The number of carbonyl (C=O) groups is 1. The SMILES string of the molecule is O=C(NCc1ncc(-c2ccccc2)o1)c1ccc(Cl)o1.